The lowest BCUT2D eigenvalue weighted by molar-refractivity contribution is -0.141. The number of esters is 1. The Morgan fingerprint density at radius 3 is 2.12 bits per heavy atom. The predicted molar refractivity (Wildman–Crippen MR) is 71.6 cm³/mol. The summed E-state index contributed by atoms with van der Waals surface area (Å²) in [6.07, 6.45) is -0.0718. The minimum absolute atomic E-state index is 0.0718. The van der Waals surface area contributed by atoms with Crippen LogP contribution >= 0.6 is 58.0 Å². The van der Waals surface area contributed by atoms with Crippen LogP contribution in [0.2, 0.25) is 15.1 Å². The van der Waals surface area contributed by atoms with Gasteiger partial charge in [-0.3, -0.25) is 0 Å². The number of halogens is 5. The summed E-state index contributed by atoms with van der Waals surface area (Å²) in [5, 5.41) is 0.964. The molecule has 1 aromatic carbocycles. The molecule has 94 valence electrons. The molecular formula is C10H7Cl5O2. The number of rotatable bonds is 3. The lowest BCUT2D eigenvalue weighted by Crippen LogP contribution is -2.30. The zero-order valence-corrected chi connectivity index (χ0v) is 12.3. The van der Waals surface area contributed by atoms with Crippen LogP contribution < -0.4 is 0 Å². The van der Waals surface area contributed by atoms with Crippen LogP contribution in [0.15, 0.2) is 12.1 Å². The average Bonchev–Trinajstić information content (AvgIpc) is 2.22. The van der Waals surface area contributed by atoms with E-state index in [-0.39, 0.29) is 16.5 Å². The van der Waals surface area contributed by atoms with Crippen LogP contribution in [0, 0.1) is 0 Å². The molecule has 0 bridgehead atoms. The zero-order chi connectivity index (χ0) is 13.2. The number of hydrogen-bond acceptors (Lipinski definition) is 2. The molecule has 1 rings (SSSR count). The Morgan fingerprint density at radius 2 is 1.71 bits per heavy atom. The lowest BCUT2D eigenvalue weighted by Gasteiger charge is -2.18. The largest absolute Gasteiger partial charge is 0.467 e. The van der Waals surface area contributed by atoms with Crippen molar-refractivity contribution in [1.82, 2.24) is 0 Å². The Kier molecular flexibility index (Phi) is 5.23. The molecule has 0 aliphatic carbocycles. The normalized spacial score (nSPS) is 11.4. The number of alkyl halides is 2. The molecule has 0 unspecified atom stereocenters. The van der Waals surface area contributed by atoms with E-state index in [0.717, 1.165) is 0 Å². The Balaban J connectivity index is 3.07. The topological polar surface area (TPSA) is 26.3 Å². The fourth-order valence-corrected chi connectivity index (χ4v) is 2.56. The third-order valence-electron chi connectivity index (χ3n) is 1.99. The maximum atomic E-state index is 11.3. The predicted octanol–water partition coefficient (Wildman–Crippen LogP) is 4.54. The molecule has 0 spiro atoms. The molecule has 0 aliphatic rings. The highest BCUT2D eigenvalue weighted by Gasteiger charge is 2.36. The van der Waals surface area contributed by atoms with E-state index in [1.165, 1.54) is 19.2 Å². The van der Waals surface area contributed by atoms with Crippen LogP contribution in [0.25, 0.3) is 0 Å². The minimum Gasteiger partial charge on any atom is -0.467 e. The van der Waals surface area contributed by atoms with Gasteiger partial charge < -0.3 is 4.74 Å². The Morgan fingerprint density at radius 1 is 1.24 bits per heavy atom. The number of hydrogen-bond donors (Lipinski definition) is 0. The maximum Gasteiger partial charge on any atom is 0.342 e. The molecule has 7 heteroatoms. The number of carbonyl (C=O) groups is 1. The molecule has 17 heavy (non-hydrogen) atoms. The van der Waals surface area contributed by atoms with Gasteiger partial charge in [0, 0.05) is 21.5 Å². The van der Waals surface area contributed by atoms with Gasteiger partial charge in [0.25, 0.3) is 0 Å². The van der Waals surface area contributed by atoms with Gasteiger partial charge in [0.15, 0.2) is 0 Å². The van der Waals surface area contributed by atoms with E-state index in [2.05, 4.69) is 4.74 Å². The second-order valence-corrected chi connectivity index (χ2v) is 5.96. The molecule has 0 saturated heterocycles. The Labute approximate surface area is 124 Å². The molecule has 0 amide bonds. The summed E-state index contributed by atoms with van der Waals surface area (Å²) in [7, 11) is 1.19. The monoisotopic (exact) mass is 334 g/mol. The van der Waals surface area contributed by atoms with E-state index in [1.54, 1.807) is 0 Å². The SMILES string of the molecule is COC(=O)C(Cl)(Cl)Cc1c(Cl)cc(Cl)cc1Cl. The summed E-state index contributed by atoms with van der Waals surface area (Å²) in [6.45, 7) is 0. The first-order chi connectivity index (χ1) is 7.77. The van der Waals surface area contributed by atoms with Gasteiger partial charge in [0.05, 0.1) is 7.11 Å². The first-order valence-corrected chi connectivity index (χ1v) is 6.26. The molecule has 0 aromatic heterocycles. The van der Waals surface area contributed by atoms with Crippen LogP contribution in [0.4, 0.5) is 0 Å². The molecule has 0 heterocycles. The summed E-state index contributed by atoms with van der Waals surface area (Å²) in [4.78, 5) is 11.3. The summed E-state index contributed by atoms with van der Waals surface area (Å²) in [6, 6.07) is 2.98. The second-order valence-electron chi connectivity index (χ2n) is 3.22. The number of carbonyl (C=O) groups excluding carboxylic acids is 1. The molecule has 0 aliphatic heterocycles. The van der Waals surface area contributed by atoms with Crippen molar-refractivity contribution in [2.75, 3.05) is 7.11 Å². The van der Waals surface area contributed by atoms with E-state index < -0.39 is 10.3 Å². The standard InChI is InChI=1S/C10H7Cl5O2/c1-17-9(16)10(14,15)4-6-7(12)2-5(11)3-8(6)13/h2-3H,4H2,1H3. The quantitative estimate of drug-likeness (QED) is 0.598. The van der Waals surface area contributed by atoms with Crippen LogP contribution in [-0.2, 0) is 16.0 Å². The van der Waals surface area contributed by atoms with Gasteiger partial charge in [-0.25, -0.2) is 4.79 Å². The molecular weight excluding hydrogens is 329 g/mol. The van der Waals surface area contributed by atoms with Crippen LogP contribution in [0.3, 0.4) is 0 Å². The fourth-order valence-electron chi connectivity index (χ4n) is 1.18. The van der Waals surface area contributed by atoms with Crippen molar-refractivity contribution in [3.8, 4) is 0 Å². The van der Waals surface area contributed by atoms with Gasteiger partial charge in [0.2, 0.25) is 4.33 Å². The molecule has 0 atom stereocenters. The van der Waals surface area contributed by atoms with Crippen molar-refractivity contribution in [2.45, 2.75) is 10.8 Å². The van der Waals surface area contributed by atoms with Crippen LogP contribution in [-0.4, -0.2) is 17.4 Å². The smallest absolute Gasteiger partial charge is 0.342 e. The lowest BCUT2D eigenvalue weighted by atomic mass is 10.1. The van der Waals surface area contributed by atoms with Gasteiger partial charge in [-0.15, -0.1) is 0 Å². The van der Waals surface area contributed by atoms with Gasteiger partial charge >= 0.3 is 5.97 Å². The number of benzene rings is 1. The van der Waals surface area contributed by atoms with E-state index in [1.807, 2.05) is 0 Å². The van der Waals surface area contributed by atoms with Gasteiger partial charge in [0.1, 0.15) is 0 Å². The van der Waals surface area contributed by atoms with Crippen LogP contribution in [0.5, 0.6) is 0 Å². The molecule has 0 N–H and O–H groups in total. The van der Waals surface area contributed by atoms with Gasteiger partial charge in [-0.1, -0.05) is 58.0 Å². The Bertz CT molecular complexity index is 421. The second kappa shape index (κ2) is 5.85. The first kappa shape index (κ1) is 15.2. The minimum atomic E-state index is -1.74. The highest BCUT2D eigenvalue weighted by molar-refractivity contribution is 6.57. The molecule has 1 aromatic rings. The first-order valence-electron chi connectivity index (χ1n) is 4.37. The average molecular weight is 336 g/mol. The molecule has 0 fully saturated rings. The molecule has 0 saturated carbocycles. The fraction of sp³-hybridized carbons (Fsp3) is 0.300. The summed E-state index contributed by atoms with van der Waals surface area (Å²) in [5.41, 5.74) is 0.438. The van der Waals surface area contributed by atoms with Crippen molar-refractivity contribution < 1.29 is 9.53 Å². The maximum absolute atomic E-state index is 11.3. The molecule has 0 radical (unpaired) electrons. The van der Waals surface area contributed by atoms with Gasteiger partial charge in [-0.2, -0.15) is 0 Å². The van der Waals surface area contributed by atoms with E-state index >= 15 is 0 Å². The van der Waals surface area contributed by atoms with Crippen molar-refractivity contribution in [3.63, 3.8) is 0 Å². The molecule has 2 nitrogen and oxygen atoms in total. The van der Waals surface area contributed by atoms with E-state index in [9.17, 15) is 4.79 Å². The van der Waals surface area contributed by atoms with E-state index in [0.29, 0.717) is 10.6 Å². The highest BCUT2D eigenvalue weighted by Crippen LogP contribution is 2.36. The van der Waals surface area contributed by atoms with Crippen molar-refractivity contribution >= 4 is 64.0 Å². The summed E-state index contributed by atoms with van der Waals surface area (Å²) in [5.74, 6) is -0.775. The number of methoxy groups -OCH3 is 1. The Hall–Kier alpha value is 0.140. The third-order valence-corrected chi connectivity index (χ3v) is 3.46. The zero-order valence-electron chi connectivity index (χ0n) is 8.57. The van der Waals surface area contributed by atoms with Crippen molar-refractivity contribution in [2.24, 2.45) is 0 Å². The summed E-state index contributed by atoms with van der Waals surface area (Å²) < 4.78 is 2.74. The number of ether oxygens (including phenoxy) is 1. The van der Waals surface area contributed by atoms with Gasteiger partial charge in [-0.05, 0) is 17.7 Å². The van der Waals surface area contributed by atoms with Crippen molar-refractivity contribution in [3.05, 3.63) is 32.8 Å². The summed E-state index contributed by atoms with van der Waals surface area (Å²) >= 11 is 29.3. The van der Waals surface area contributed by atoms with Crippen molar-refractivity contribution in [1.29, 1.82) is 0 Å². The van der Waals surface area contributed by atoms with E-state index in [4.69, 9.17) is 58.0 Å². The third kappa shape index (κ3) is 3.80. The highest BCUT2D eigenvalue weighted by atomic mass is 35.5. The van der Waals surface area contributed by atoms with Crippen LogP contribution in [0.1, 0.15) is 5.56 Å².